The van der Waals surface area contributed by atoms with Crippen molar-refractivity contribution in [3.05, 3.63) is 29.8 Å². The van der Waals surface area contributed by atoms with E-state index in [-0.39, 0.29) is 23.8 Å². The molecule has 11 atom stereocenters. The van der Waals surface area contributed by atoms with E-state index in [0.717, 1.165) is 12.8 Å². The van der Waals surface area contributed by atoms with E-state index < -0.39 is 0 Å². The van der Waals surface area contributed by atoms with E-state index >= 15 is 0 Å². The first kappa shape index (κ1) is 15.0. The van der Waals surface area contributed by atoms with Gasteiger partial charge in [-0.1, -0.05) is 32.0 Å². The summed E-state index contributed by atoms with van der Waals surface area (Å²) in [5.74, 6) is 1.58. The minimum atomic E-state index is -0.335. The zero-order valence-corrected chi connectivity index (χ0v) is 15.2. The Morgan fingerprint density at radius 2 is 1.96 bits per heavy atom. The highest BCUT2D eigenvalue weighted by Gasteiger charge is 2.77. The first-order valence-corrected chi connectivity index (χ1v) is 10.00. The van der Waals surface area contributed by atoms with Crippen molar-refractivity contribution in [1.82, 2.24) is 4.90 Å². The molecule has 5 heterocycles. The lowest BCUT2D eigenvalue weighted by Gasteiger charge is -2.65. The standard InChI is InChI=1S/C21H28N2O2/c1-4-11-15-10(2)17-18-21(12-7-5-6-8-13(12)22(18)3)9-14(16(15)19(21)24)23(17)20(11)25/h5-8,10-11,14-20,24-25H,4,9H2,1-3H3/t10?,11-,14-,15+,16?,17-,18-,19-,20+,21+/m0/s1. The first-order chi connectivity index (χ1) is 12.0. The number of hydrogen-bond donors (Lipinski definition) is 2. The van der Waals surface area contributed by atoms with Gasteiger partial charge in [0.15, 0.2) is 0 Å². The average Bonchev–Trinajstić information content (AvgIpc) is 3.01. The average molecular weight is 340 g/mol. The highest BCUT2D eigenvalue weighted by Crippen LogP contribution is 2.70. The number of fused-ring (bicyclic) bond motifs is 2. The first-order valence-electron chi connectivity index (χ1n) is 10.00. The third-order valence-electron chi connectivity index (χ3n) is 8.91. The predicted molar refractivity (Wildman–Crippen MR) is 96.3 cm³/mol. The normalized spacial score (nSPS) is 57.1. The summed E-state index contributed by atoms with van der Waals surface area (Å²) in [5, 5.41) is 22.9. The van der Waals surface area contributed by atoms with Crippen LogP contribution in [-0.4, -0.2) is 52.6 Å². The number of anilines is 1. The summed E-state index contributed by atoms with van der Waals surface area (Å²) in [4.78, 5) is 4.86. The molecular formula is C21H28N2O2. The summed E-state index contributed by atoms with van der Waals surface area (Å²) in [6.07, 6.45) is 1.37. The SMILES string of the molecule is CC[C@H]1[C@H]2C(C)[C@H]3[C@@H]4N(C)c5ccccc5[C@]45C[C@@H](C2[C@@H]5O)N3[C@@H]1O. The van der Waals surface area contributed by atoms with Crippen LogP contribution in [0.1, 0.15) is 32.3 Å². The van der Waals surface area contributed by atoms with Crippen LogP contribution in [0.5, 0.6) is 0 Å². The highest BCUT2D eigenvalue weighted by molar-refractivity contribution is 5.67. The van der Waals surface area contributed by atoms with Crippen LogP contribution < -0.4 is 4.90 Å². The third-order valence-corrected chi connectivity index (χ3v) is 8.91. The zero-order valence-electron chi connectivity index (χ0n) is 15.2. The maximum Gasteiger partial charge on any atom is 0.111 e. The van der Waals surface area contributed by atoms with E-state index in [2.05, 4.69) is 55.0 Å². The second-order valence-electron chi connectivity index (χ2n) is 9.27. The molecule has 3 unspecified atom stereocenters. The highest BCUT2D eigenvalue weighted by atomic mass is 16.3. The summed E-state index contributed by atoms with van der Waals surface area (Å²) in [6, 6.07) is 9.65. The van der Waals surface area contributed by atoms with Crippen molar-refractivity contribution in [3.8, 4) is 0 Å². The lowest BCUT2D eigenvalue weighted by Crippen LogP contribution is -2.75. The minimum Gasteiger partial charge on any atom is -0.392 e. The van der Waals surface area contributed by atoms with Crippen molar-refractivity contribution < 1.29 is 10.2 Å². The van der Waals surface area contributed by atoms with Gasteiger partial charge in [0.1, 0.15) is 6.23 Å². The van der Waals surface area contributed by atoms with Crippen molar-refractivity contribution >= 4 is 5.69 Å². The molecule has 134 valence electrons. The molecule has 5 bridgehead atoms. The summed E-state index contributed by atoms with van der Waals surface area (Å²) >= 11 is 0. The largest absolute Gasteiger partial charge is 0.392 e. The van der Waals surface area contributed by atoms with Gasteiger partial charge in [-0.3, -0.25) is 4.90 Å². The topological polar surface area (TPSA) is 46.9 Å². The predicted octanol–water partition coefficient (Wildman–Crippen LogP) is 1.80. The Hall–Kier alpha value is -1.10. The molecule has 2 N–H and O–H groups in total. The smallest absolute Gasteiger partial charge is 0.111 e. The van der Waals surface area contributed by atoms with Crippen LogP contribution in [0.2, 0.25) is 0 Å². The molecule has 1 aliphatic carbocycles. The van der Waals surface area contributed by atoms with Crippen molar-refractivity contribution in [2.24, 2.45) is 23.7 Å². The van der Waals surface area contributed by atoms with E-state index in [4.69, 9.17) is 0 Å². The number of para-hydroxylation sites is 1. The molecule has 4 heteroatoms. The van der Waals surface area contributed by atoms with Crippen LogP contribution in [0, 0.1) is 23.7 Å². The van der Waals surface area contributed by atoms with Gasteiger partial charge in [0.25, 0.3) is 0 Å². The molecule has 0 amide bonds. The zero-order chi connectivity index (χ0) is 17.2. The minimum absolute atomic E-state index is 0.146. The van der Waals surface area contributed by atoms with Gasteiger partial charge in [0.05, 0.1) is 12.1 Å². The number of benzene rings is 1. The van der Waals surface area contributed by atoms with Crippen LogP contribution in [0.15, 0.2) is 24.3 Å². The van der Waals surface area contributed by atoms with Crippen LogP contribution >= 0.6 is 0 Å². The molecule has 0 radical (unpaired) electrons. The molecule has 1 saturated carbocycles. The third kappa shape index (κ3) is 1.32. The van der Waals surface area contributed by atoms with Crippen LogP contribution in [0.3, 0.4) is 0 Å². The maximum absolute atomic E-state index is 11.7. The van der Waals surface area contributed by atoms with E-state index in [1.807, 2.05) is 0 Å². The van der Waals surface area contributed by atoms with Crippen LogP contribution in [-0.2, 0) is 5.41 Å². The molecule has 0 aromatic heterocycles. The van der Waals surface area contributed by atoms with Gasteiger partial charge in [-0.25, -0.2) is 0 Å². The number of rotatable bonds is 1. The second kappa shape index (κ2) is 4.41. The molecule has 6 aliphatic rings. The Morgan fingerprint density at radius 1 is 1.20 bits per heavy atom. The van der Waals surface area contributed by atoms with Gasteiger partial charge in [0, 0.05) is 42.1 Å². The number of hydrogen-bond acceptors (Lipinski definition) is 4. The lowest BCUT2D eigenvalue weighted by atomic mass is 9.58. The Morgan fingerprint density at radius 3 is 2.72 bits per heavy atom. The maximum atomic E-state index is 11.7. The second-order valence-corrected chi connectivity index (χ2v) is 9.27. The monoisotopic (exact) mass is 340 g/mol. The fourth-order valence-corrected chi connectivity index (χ4v) is 8.33. The van der Waals surface area contributed by atoms with E-state index in [1.54, 1.807) is 0 Å². The lowest BCUT2D eigenvalue weighted by molar-refractivity contribution is -0.234. The van der Waals surface area contributed by atoms with E-state index in [9.17, 15) is 10.2 Å². The van der Waals surface area contributed by atoms with Crippen molar-refractivity contribution in [2.75, 3.05) is 11.9 Å². The fraction of sp³-hybridized carbons (Fsp3) is 0.714. The molecule has 7 rings (SSSR count). The summed E-state index contributed by atoms with van der Waals surface area (Å²) in [5.41, 5.74) is 2.49. The van der Waals surface area contributed by atoms with Crippen LogP contribution in [0.4, 0.5) is 5.69 Å². The van der Waals surface area contributed by atoms with Crippen LogP contribution in [0.25, 0.3) is 0 Å². The van der Waals surface area contributed by atoms with Gasteiger partial charge < -0.3 is 15.1 Å². The molecule has 4 nitrogen and oxygen atoms in total. The van der Waals surface area contributed by atoms with Crippen molar-refractivity contribution in [2.45, 2.75) is 62.6 Å². The van der Waals surface area contributed by atoms with E-state index in [1.165, 1.54) is 11.3 Å². The van der Waals surface area contributed by atoms with Gasteiger partial charge >= 0.3 is 0 Å². The number of likely N-dealkylation sites (N-methyl/N-ethyl adjacent to an activating group) is 1. The number of aliphatic hydroxyl groups is 2. The molecule has 25 heavy (non-hydrogen) atoms. The van der Waals surface area contributed by atoms with Gasteiger partial charge in [-0.2, -0.15) is 0 Å². The number of piperidine rings is 4. The van der Waals surface area contributed by atoms with Crippen molar-refractivity contribution in [3.63, 3.8) is 0 Å². The quantitative estimate of drug-likeness (QED) is 0.818. The molecule has 1 aromatic rings. The van der Waals surface area contributed by atoms with Gasteiger partial charge in [-0.05, 0) is 36.3 Å². The molecule has 4 saturated heterocycles. The Labute approximate surface area is 149 Å². The molecular weight excluding hydrogens is 312 g/mol. The fourth-order valence-electron chi connectivity index (χ4n) is 8.33. The van der Waals surface area contributed by atoms with Gasteiger partial charge in [-0.15, -0.1) is 0 Å². The Balaban J connectivity index is 1.62. The van der Waals surface area contributed by atoms with Crippen molar-refractivity contribution in [1.29, 1.82) is 0 Å². The van der Waals surface area contributed by atoms with Gasteiger partial charge in [0.2, 0.25) is 0 Å². The summed E-state index contributed by atoms with van der Waals surface area (Å²) in [6.45, 7) is 4.58. The number of aliphatic hydroxyl groups excluding tert-OH is 2. The molecule has 1 spiro atoms. The molecule has 5 fully saturated rings. The molecule has 5 aliphatic heterocycles. The summed E-state index contributed by atoms with van der Waals surface area (Å²) in [7, 11) is 2.20. The Bertz CT molecular complexity index is 753. The van der Waals surface area contributed by atoms with E-state index in [0.29, 0.717) is 35.8 Å². The molecule has 1 aromatic carbocycles. The summed E-state index contributed by atoms with van der Waals surface area (Å²) < 4.78 is 0. The number of nitrogens with zero attached hydrogens (tertiary/aromatic N) is 2. The Kier molecular flexibility index (Phi) is 2.65.